The van der Waals surface area contributed by atoms with Crippen LogP contribution in [0.15, 0.2) is 34.7 Å². The van der Waals surface area contributed by atoms with Crippen LogP contribution in [0.2, 0.25) is 5.02 Å². The Labute approximate surface area is 196 Å². The topological polar surface area (TPSA) is 94.2 Å². The standard InChI is InChI=1S/C24H26ClN5O3/c1-12(2)16-11-19(13(3)9-17(16)25)33-21-8-7-18(32-21)24(31)28-27-20-10-14(4)22-15(5)29-30(6)23(22)26-20/h7-12H,1-6H3,(H,26,27)(H,28,31). The minimum absolute atomic E-state index is 0.0994. The van der Waals surface area contributed by atoms with Crippen molar-refractivity contribution in [2.75, 3.05) is 5.43 Å². The van der Waals surface area contributed by atoms with Crippen molar-refractivity contribution in [3.63, 3.8) is 0 Å². The zero-order valence-corrected chi connectivity index (χ0v) is 20.2. The summed E-state index contributed by atoms with van der Waals surface area (Å²) in [6.45, 7) is 9.95. The van der Waals surface area contributed by atoms with Gasteiger partial charge in [0, 0.05) is 23.5 Å². The number of aromatic nitrogens is 3. The number of hydrazine groups is 1. The van der Waals surface area contributed by atoms with Crippen LogP contribution in [0.4, 0.5) is 5.82 Å². The van der Waals surface area contributed by atoms with E-state index < -0.39 is 5.91 Å². The number of carbonyl (C=O) groups is 1. The van der Waals surface area contributed by atoms with Crippen LogP contribution in [-0.4, -0.2) is 20.7 Å². The SMILES string of the molecule is Cc1cc(Cl)c(C(C)C)cc1Oc1ccc(C(=O)NNc2cc(C)c3c(C)nn(C)c3n2)o1. The quantitative estimate of drug-likeness (QED) is 0.347. The summed E-state index contributed by atoms with van der Waals surface area (Å²) in [5.41, 5.74) is 9.95. The zero-order chi connectivity index (χ0) is 23.9. The summed E-state index contributed by atoms with van der Waals surface area (Å²) in [5.74, 6) is 1.22. The first-order valence-corrected chi connectivity index (χ1v) is 11.0. The summed E-state index contributed by atoms with van der Waals surface area (Å²) in [5, 5.41) is 6.10. The van der Waals surface area contributed by atoms with Gasteiger partial charge in [0.25, 0.3) is 5.95 Å². The molecule has 8 nitrogen and oxygen atoms in total. The largest absolute Gasteiger partial charge is 0.426 e. The van der Waals surface area contributed by atoms with E-state index in [1.807, 2.05) is 46.0 Å². The Morgan fingerprint density at radius 1 is 1.15 bits per heavy atom. The van der Waals surface area contributed by atoms with Gasteiger partial charge in [-0.25, -0.2) is 4.98 Å². The number of nitrogens with zero attached hydrogens (tertiary/aromatic N) is 3. The molecule has 0 unspecified atom stereocenters. The number of benzene rings is 1. The summed E-state index contributed by atoms with van der Waals surface area (Å²) >= 11 is 6.33. The number of hydrogen-bond acceptors (Lipinski definition) is 6. The molecule has 0 saturated carbocycles. The molecule has 0 fully saturated rings. The third-order valence-corrected chi connectivity index (χ3v) is 5.73. The number of halogens is 1. The van der Waals surface area contributed by atoms with Crippen molar-refractivity contribution in [2.24, 2.45) is 7.05 Å². The van der Waals surface area contributed by atoms with Crippen molar-refractivity contribution in [1.82, 2.24) is 20.2 Å². The Morgan fingerprint density at radius 2 is 1.91 bits per heavy atom. The Kier molecular flexibility index (Phi) is 6.03. The van der Waals surface area contributed by atoms with Crippen molar-refractivity contribution in [2.45, 2.75) is 40.5 Å². The molecule has 0 radical (unpaired) electrons. The number of amides is 1. The number of carbonyl (C=O) groups excluding carboxylic acids is 1. The van der Waals surface area contributed by atoms with Crippen molar-refractivity contribution < 1.29 is 13.9 Å². The van der Waals surface area contributed by atoms with Crippen LogP contribution in [0.3, 0.4) is 0 Å². The predicted molar refractivity (Wildman–Crippen MR) is 128 cm³/mol. The second kappa shape index (κ2) is 8.78. The monoisotopic (exact) mass is 467 g/mol. The second-order valence-electron chi connectivity index (χ2n) is 8.33. The van der Waals surface area contributed by atoms with Crippen molar-refractivity contribution in [3.8, 4) is 11.7 Å². The van der Waals surface area contributed by atoms with Crippen molar-refractivity contribution >= 4 is 34.4 Å². The molecule has 0 atom stereocenters. The summed E-state index contributed by atoms with van der Waals surface area (Å²) in [4.78, 5) is 17.1. The minimum Gasteiger partial charge on any atom is -0.426 e. The minimum atomic E-state index is -0.457. The van der Waals surface area contributed by atoms with Gasteiger partial charge in [0.15, 0.2) is 11.4 Å². The first kappa shape index (κ1) is 22.7. The first-order valence-electron chi connectivity index (χ1n) is 10.6. The molecule has 1 amide bonds. The highest BCUT2D eigenvalue weighted by Gasteiger charge is 2.16. The maximum absolute atomic E-state index is 12.6. The van der Waals surface area contributed by atoms with Gasteiger partial charge in [0.2, 0.25) is 0 Å². The lowest BCUT2D eigenvalue weighted by Crippen LogP contribution is -2.29. The Morgan fingerprint density at radius 3 is 2.64 bits per heavy atom. The van der Waals surface area contributed by atoms with Crippen LogP contribution in [0.25, 0.3) is 11.0 Å². The fraction of sp³-hybridized carbons (Fsp3) is 0.292. The summed E-state index contributed by atoms with van der Waals surface area (Å²) in [7, 11) is 1.83. The molecule has 0 aliphatic rings. The number of nitrogens with one attached hydrogen (secondary N) is 2. The van der Waals surface area contributed by atoms with E-state index in [2.05, 4.69) is 34.8 Å². The van der Waals surface area contributed by atoms with E-state index in [9.17, 15) is 4.79 Å². The first-order chi connectivity index (χ1) is 15.6. The predicted octanol–water partition coefficient (Wildman–Crippen LogP) is 5.81. The van der Waals surface area contributed by atoms with E-state index in [0.717, 1.165) is 33.4 Å². The average Bonchev–Trinajstić information content (AvgIpc) is 3.32. The number of pyridine rings is 1. The highest BCUT2D eigenvalue weighted by atomic mass is 35.5. The lowest BCUT2D eigenvalue weighted by atomic mass is 10.0. The highest BCUT2D eigenvalue weighted by Crippen LogP contribution is 2.34. The average molecular weight is 468 g/mol. The van der Waals surface area contributed by atoms with Crippen LogP contribution >= 0.6 is 11.6 Å². The van der Waals surface area contributed by atoms with E-state index in [0.29, 0.717) is 16.6 Å². The summed E-state index contributed by atoms with van der Waals surface area (Å²) in [6.07, 6.45) is 0. The van der Waals surface area contributed by atoms with Gasteiger partial charge >= 0.3 is 5.91 Å². The Hall–Kier alpha value is -3.52. The van der Waals surface area contributed by atoms with Crippen LogP contribution in [0.5, 0.6) is 11.7 Å². The molecule has 4 aromatic rings. The van der Waals surface area contributed by atoms with Gasteiger partial charge in [-0.15, -0.1) is 0 Å². The molecule has 1 aromatic carbocycles. The smallest absolute Gasteiger partial charge is 0.305 e. The van der Waals surface area contributed by atoms with E-state index in [4.69, 9.17) is 20.8 Å². The lowest BCUT2D eigenvalue weighted by Gasteiger charge is -2.13. The van der Waals surface area contributed by atoms with Crippen LogP contribution in [0.1, 0.15) is 52.7 Å². The van der Waals surface area contributed by atoms with Crippen molar-refractivity contribution in [3.05, 3.63) is 63.5 Å². The van der Waals surface area contributed by atoms with E-state index >= 15 is 0 Å². The van der Waals surface area contributed by atoms with Gasteiger partial charge < -0.3 is 9.15 Å². The normalized spacial score (nSPS) is 11.3. The van der Waals surface area contributed by atoms with Crippen molar-refractivity contribution in [1.29, 1.82) is 0 Å². The fourth-order valence-electron chi connectivity index (χ4n) is 3.73. The molecule has 3 heterocycles. The van der Waals surface area contributed by atoms with Gasteiger partial charge in [-0.2, -0.15) is 5.10 Å². The van der Waals surface area contributed by atoms with Gasteiger partial charge in [-0.3, -0.25) is 20.3 Å². The molecule has 33 heavy (non-hydrogen) atoms. The zero-order valence-electron chi connectivity index (χ0n) is 19.4. The number of ether oxygens (including phenoxy) is 1. The van der Waals surface area contributed by atoms with Crippen LogP contribution in [-0.2, 0) is 7.05 Å². The molecule has 9 heteroatoms. The highest BCUT2D eigenvalue weighted by molar-refractivity contribution is 6.31. The molecule has 172 valence electrons. The fourth-order valence-corrected chi connectivity index (χ4v) is 4.17. The molecule has 3 aromatic heterocycles. The van der Waals surface area contributed by atoms with Gasteiger partial charge in [0.1, 0.15) is 11.6 Å². The molecule has 0 saturated heterocycles. The van der Waals surface area contributed by atoms with Gasteiger partial charge in [-0.05, 0) is 67.6 Å². The number of fused-ring (bicyclic) bond motifs is 1. The summed E-state index contributed by atoms with van der Waals surface area (Å²) < 4.78 is 13.2. The third-order valence-electron chi connectivity index (χ3n) is 5.40. The molecule has 2 N–H and O–H groups in total. The molecule has 0 bridgehead atoms. The molecule has 0 aliphatic carbocycles. The third kappa shape index (κ3) is 4.52. The number of hydrogen-bond donors (Lipinski definition) is 2. The molecule has 0 aliphatic heterocycles. The Bertz CT molecular complexity index is 1360. The van der Waals surface area contributed by atoms with Gasteiger partial charge in [-0.1, -0.05) is 25.4 Å². The molecular weight excluding hydrogens is 442 g/mol. The van der Waals surface area contributed by atoms with Crippen LogP contribution in [0, 0.1) is 20.8 Å². The molecule has 0 spiro atoms. The molecule has 4 rings (SSSR count). The van der Waals surface area contributed by atoms with E-state index in [1.54, 1.807) is 16.8 Å². The Balaban J connectivity index is 1.46. The number of rotatable bonds is 6. The van der Waals surface area contributed by atoms with Gasteiger partial charge in [0.05, 0.1) is 5.69 Å². The number of anilines is 1. The number of aryl methyl sites for hydroxylation is 4. The van der Waals surface area contributed by atoms with Crippen LogP contribution < -0.4 is 15.6 Å². The summed E-state index contributed by atoms with van der Waals surface area (Å²) in [6, 6.07) is 8.76. The maximum atomic E-state index is 12.6. The van der Waals surface area contributed by atoms with E-state index in [-0.39, 0.29) is 17.6 Å². The second-order valence-corrected chi connectivity index (χ2v) is 8.73. The maximum Gasteiger partial charge on any atom is 0.305 e. The molecular formula is C24H26ClN5O3. The van der Waals surface area contributed by atoms with E-state index in [1.165, 1.54) is 0 Å². The lowest BCUT2D eigenvalue weighted by molar-refractivity contribution is 0.0930. The number of furan rings is 1.